The molecule has 0 aliphatic heterocycles. The van der Waals surface area contributed by atoms with Crippen LogP contribution in [0.15, 0.2) is 48.5 Å². The van der Waals surface area contributed by atoms with Crippen molar-refractivity contribution in [3.8, 4) is 17.1 Å². The molecule has 3 rings (SSSR count). The second kappa shape index (κ2) is 6.97. The smallest absolute Gasteiger partial charge is 0.285 e. The van der Waals surface area contributed by atoms with E-state index in [0.717, 1.165) is 0 Å². The predicted octanol–water partition coefficient (Wildman–Crippen LogP) is 4.74. The van der Waals surface area contributed by atoms with Crippen molar-refractivity contribution in [2.24, 2.45) is 0 Å². The Morgan fingerprint density at radius 1 is 0.962 bits per heavy atom. The molecule has 2 aromatic carbocycles. The fourth-order valence-corrected chi connectivity index (χ4v) is 2.34. The van der Waals surface area contributed by atoms with Gasteiger partial charge in [-0.25, -0.2) is 4.68 Å². The quantitative estimate of drug-likeness (QED) is 0.690. The molecule has 0 unspecified atom stereocenters. The van der Waals surface area contributed by atoms with E-state index in [0.29, 0.717) is 21.3 Å². The summed E-state index contributed by atoms with van der Waals surface area (Å²) < 4.78 is 38.7. The minimum Gasteiger partial charge on any atom is -0.285 e. The molecule has 0 saturated heterocycles. The van der Waals surface area contributed by atoms with E-state index in [-0.39, 0.29) is 5.82 Å². The van der Waals surface area contributed by atoms with E-state index in [2.05, 4.69) is 10.1 Å². The van der Waals surface area contributed by atoms with Gasteiger partial charge in [-0.15, -0.1) is 5.10 Å². The number of carbonyl (C=O) groups is 1. The van der Waals surface area contributed by atoms with Crippen LogP contribution in [0.25, 0.3) is 17.1 Å². The second-order valence-electron chi connectivity index (χ2n) is 5.11. The van der Waals surface area contributed by atoms with Crippen molar-refractivity contribution in [2.45, 2.75) is 6.18 Å². The maximum absolute atomic E-state index is 12.5. The zero-order chi connectivity index (χ0) is 18.9. The number of nitrogens with one attached hydrogen (secondary N) is 1. The van der Waals surface area contributed by atoms with Gasteiger partial charge in [0.05, 0.1) is 5.69 Å². The van der Waals surface area contributed by atoms with Crippen molar-refractivity contribution in [1.29, 1.82) is 0 Å². The summed E-state index contributed by atoms with van der Waals surface area (Å²) in [5.41, 5.74) is 1.05. The summed E-state index contributed by atoms with van der Waals surface area (Å²) in [6, 6.07) is 12.9. The number of carbonyl (C=O) groups excluding carboxylic acids is 1. The van der Waals surface area contributed by atoms with Gasteiger partial charge in [-0.2, -0.15) is 18.2 Å². The number of nitrogens with zero attached hydrogens (tertiary/aromatic N) is 3. The zero-order valence-electron chi connectivity index (χ0n) is 12.8. The number of amides is 1. The Morgan fingerprint density at radius 3 is 2.04 bits per heavy atom. The average Bonchev–Trinajstić information content (AvgIpc) is 2.99. The first-order valence-electron chi connectivity index (χ1n) is 7.11. The lowest BCUT2D eigenvalue weighted by molar-refractivity contribution is -0.167. The molecule has 0 radical (unpaired) electrons. The molecule has 5 nitrogen and oxygen atoms in total. The Morgan fingerprint density at radius 2 is 1.50 bits per heavy atom. The zero-order valence-corrected chi connectivity index (χ0v) is 14.3. The molecule has 0 spiro atoms. The first-order chi connectivity index (χ1) is 12.2. The molecule has 0 atom stereocenters. The van der Waals surface area contributed by atoms with Gasteiger partial charge in [0.2, 0.25) is 5.95 Å². The maximum atomic E-state index is 12.5. The van der Waals surface area contributed by atoms with Crippen molar-refractivity contribution >= 4 is 35.1 Å². The molecule has 1 aromatic heterocycles. The molecule has 0 aliphatic carbocycles. The minimum absolute atomic E-state index is 0.224. The monoisotopic (exact) mass is 400 g/mol. The van der Waals surface area contributed by atoms with Crippen LogP contribution in [0.2, 0.25) is 10.0 Å². The summed E-state index contributed by atoms with van der Waals surface area (Å²) >= 11 is 11.7. The van der Waals surface area contributed by atoms with Gasteiger partial charge in [0.15, 0.2) is 5.82 Å². The fourth-order valence-electron chi connectivity index (χ4n) is 2.09. The number of hydrogen-bond donors (Lipinski definition) is 1. The molecule has 0 aliphatic rings. The third-order valence-corrected chi connectivity index (χ3v) is 3.77. The van der Waals surface area contributed by atoms with Crippen LogP contribution < -0.4 is 5.32 Å². The number of halogens is 5. The number of rotatable bonds is 3. The van der Waals surface area contributed by atoms with Crippen LogP contribution in [-0.2, 0) is 4.79 Å². The summed E-state index contributed by atoms with van der Waals surface area (Å²) in [5, 5.41) is 6.57. The Hall–Kier alpha value is -2.58. The van der Waals surface area contributed by atoms with Gasteiger partial charge in [-0.3, -0.25) is 10.1 Å². The van der Waals surface area contributed by atoms with Crippen molar-refractivity contribution < 1.29 is 18.0 Å². The van der Waals surface area contributed by atoms with E-state index in [1.54, 1.807) is 53.8 Å². The lowest BCUT2D eigenvalue weighted by Gasteiger charge is -2.06. The van der Waals surface area contributed by atoms with Crippen molar-refractivity contribution in [3.05, 3.63) is 58.6 Å². The maximum Gasteiger partial charge on any atom is 0.471 e. The number of benzene rings is 2. The van der Waals surface area contributed by atoms with Crippen molar-refractivity contribution in [1.82, 2.24) is 14.8 Å². The largest absolute Gasteiger partial charge is 0.471 e. The van der Waals surface area contributed by atoms with Gasteiger partial charge >= 0.3 is 12.1 Å². The van der Waals surface area contributed by atoms with Gasteiger partial charge in [0.25, 0.3) is 0 Å². The molecular formula is C16H9Cl2F3N4O. The SMILES string of the molecule is O=C(Nc1nc(-c2ccc(Cl)cc2)n(-c2ccc(Cl)cc2)n1)C(F)(F)F. The molecule has 3 aromatic rings. The van der Waals surface area contributed by atoms with E-state index in [4.69, 9.17) is 23.2 Å². The Labute approximate surface area is 155 Å². The van der Waals surface area contributed by atoms with Gasteiger partial charge < -0.3 is 0 Å². The van der Waals surface area contributed by atoms with E-state index < -0.39 is 18.0 Å². The summed E-state index contributed by atoms with van der Waals surface area (Å²) in [7, 11) is 0. The molecule has 26 heavy (non-hydrogen) atoms. The molecule has 134 valence electrons. The topological polar surface area (TPSA) is 59.8 Å². The van der Waals surface area contributed by atoms with Crippen LogP contribution in [0.5, 0.6) is 0 Å². The van der Waals surface area contributed by atoms with Gasteiger partial charge in [0, 0.05) is 15.6 Å². The highest BCUT2D eigenvalue weighted by Crippen LogP contribution is 2.26. The van der Waals surface area contributed by atoms with Gasteiger partial charge in [0.1, 0.15) is 0 Å². The summed E-state index contributed by atoms with van der Waals surface area (Å²) in [6.07, 6.45) is -5.05. The van der Waals surface area contributed by atoms with Crippen LogP contribution in [0.3, 0.4) is 0 Å². The molecule has 1 amide bonds. The lowest BCUT2D eigenvalue weighted by atomic mass is 10.2. The number of anilines is 1. The van der Waals surface area contributed by atoms with Crippen LogP contribution in [-0.4, -0.2) is 26.8 Å². The third-order valence-electron chi connectivity index (χ3n) is 3.26. The predicted molar refractivity (Wildman–Crippen MR) is 91.5 cm³/mol. The van der Waals surface area contributed by atoms with E-state index >= 15 is 0 Å². The molecule has 1 heterocycles. The number of hydrogen-bond acceptors (Lipinski definition) is 3. The standard InChI is InChI=1S/C16H9Cl2F3N4O/c17-10-3-1-9(2-4-10)13-22-15(23-14(26)16(19,20)21)24-25(13)12-7-5-11(18)6-8-12/h1-8H,(H,23,24,26). The lowest BCUT2D eigenvalue weighted by Crippen LogP contribution is -2.30. The molecule has 0 saturated carbocycles. The Balaban J connectivity index is 2.07. The summed E-state index contributed by atoms with van der Waals surface area (Å²) in [5.74, 6) is -2.41. The van der Waals surface area contributed by atoms with Crippen LogP contribution >= 0.6 is 23.2 Å². The van der Waals surface area contributed by atoms with E-state index in [9.17, 15) is 18.0 Å². The Kier molecular flexibility index (Phi) is 4.88. The van der Waals surface area contributed by atoms with E-state index in [1.807, 2.05) is 0 Å². The summed E-state index contributed by atoms with van der Waals surface area (Å²) in [6.45, 7) is 0. The average molecular weight is 401 g/mol. The number of alkyl halides is 3. The molecule has 1 N–H and O–H groups in total. The molecular weight excluding hydrogens is 392 g/mol. The highest BCUT2D eigenvalue weighted by Gasteiger charge is 2.39. The summed E-state index contributed by atoms with van der Waals surface area (Å²) in [4.78, 5) is 15.2. The number of aromatic nitrogens is 3. The third kappa shape index (κ3) is 3.97. The van der Waals surface area contributed by atoms with Crippen LogP contribution in [0.1, 0.15) is 0 Å². The van der Waals surface area contributed by atoms with Crippen LogP contribution in [0, 0.1) is 0 Å². The fraction of sp³-hybridized carbons (Fsp3) is 0.0625. The van der Waals surface area contributed by atoms with Crippen molar-refractivity contribution in [3.63, 3.8) is 0 Å². The highest BCUT2D eigenvalue weighted by molar-refractivity contribution is 6.30. The van der Waals surface area contributed by atoms with Gasteiger partial charge in [-0.1, -0.05) is 23.2 Å². The van der Waals surface area contributed by atoms with Crippen molar-refractivity contribution in [2.75, 3.05) is 5.32 Å². The first-order valence-corrected chi connectivity index (χ1v) is 7.87. The molecule has 0 bridgehead atoms. The second-order valence-corrected chi connectivity index (χ2v) is 5.98. The molecule has 0 fully saturated rings. The Bertz CT molecular complexity index is 875. The van der Waals surface area contributed by atoms with E-state index in [1.165, 1.54) is 4.68 Å². The minimum atomic E-state index is -5.05. The molecule has 10 heteroatoms. The highest BCUT2D eigenvalue weighted by atomic mass is 35.5. The first kappa shape index (κ1) is 18.2. The van der Waals surface area contributed by atoms with Gasteiger partial charge in [-0.05, 0) is 48.5 Å². The van der Waals surface area contributed by atoms with Crippen LogP contribution in [0.4, 0.5) is 19.1 Å². The normalized spacial score (nSPS) is 11.4.